The van der Waals surface area contributed by atoms with Crippen LogP contribution < -0.4 is 10.6 Å². The summed E-state index contributed by atoms with van der Waals surface area (Å²) < 4.78 is 12.1. The molecule has 0 heterocycles. The van der Waals surface area contributed by atoms with Crippen LogP contribution in [0.25, 0.3) is 0 Å². The summed E-state index contributed by atoms with van der Waals surface area (Å²) >= 11 is 0. The number of guanidine groups is 1. The molecule has 24 heavy (non-hydrogen) atoms. The number of nitrogens with zero attached hydrogens (tertiary/aromatic N) is 2. The zero-order chi connectivity index (χ0) is 17.1. The lowest BCUT2D eigenvalue weighted by molar-refractivity contribution is -0.127. The van der Waals surface area contributed by atoms with E-state index in [2.05, 4.69) is 15.6 Å². The van der Waals surface area contributed by atoms with Gasteiger partial charge in [-0.2, -0.15) is 0 Å². The van der Waals surface area contributed by atoms with E-state index < -0.39 is 10.8 Å². The molecule has 0 aliphatic carbocycles. The second-order valence-corrected chi connectivity index (χ2v) is 6.76. The maximum atomic E-state index is 12.1. The van der Waals surface area contributed by atoms with Crippen molar-refractivity contribution in [2.45, 2.75) is 12.7 Å². The highest BCUT2D eigenvalue weighted by Crippen LogP contribution is 2.02. The van der Waals surface area contributed by atoms with Crippen LogP contribution in [0.15, 0.2) is 35.3 Å². The first-order valence-electron chi connectivity index (χ1n) is 7.64. The van der Waals surface area contributed by atoms with Gasteiger partial charge >= 0.3 is 0 Å². The van der Waals surface area contributed by atoms with Gasteiger partial charge in [-0.3, -0.25) is 9.00 Å². The molecule has 1 unspecified atom stereocenters. The number of carbonyl (C=O) groups excluding carboxylic acids is 1. The van der Waals surface area contributed by atoms with Crippen LogP contribution >= 0.6 is 24.0 Å². The molecule has 0 fully saturated rings. The predicted molar refractivity (Wildman–Crippen MR) is 111 cm³/mol. The smallest absolute Gasteiger partial charge is 0.243 e. The van der Waals surface area contributed by atoms with Gasteiger partial charge in [0.1, 0.15) is 6.54 Å². The predicted octanol–water partition coefficient (Wildman–Crippen LogP) is 1.20. The molecule has 0 aromatic heterocycles. The number of benzene rings is 1. The van der Waals surface area contributed by atoms with E-state index in [0.29, 0.717) is 30.6 Å². The van der Waals surface area contributed by atoms with Crippen molar-refractivity contribution in [3.8, 4) is 0 Å². The van der Waals surface area contributed by atoms with Crippen molar-refractivity contribution < 1.29 is 9.00 Å². The van der Waals surface area contributed by atoms with Gasteiger partial charge in [-0.05, 0) is 12.5 Å². The van der Waals surface area contributed by atoms with Crippen LogP contribution in [0.1, 0.15) is 12.5 Å². The summed E-state index contributed by atoms with van der Waals surface area (Å²) in [5.41, 5.74) is 1.07. The lowest BCUT2D eigenvalue weighted by Gasteiger charge is -2.12. The molecule has 1 aromatic rings. The number of rotatable bonds is 8. The topological polar surface area (TPSA) is 73.8 Å². The second-order valence-electron chi connectivity index (χ2n) is 5.18. The molecule has 0 aliphatic heterocycles. The Kier molecular flexibility index (Phi) is 12.5. The third-order valence-corrected chi connectivity index (χ3v) is 4.32. The molecule has 1 amide bonds. The molecule has 0 saturated heterocycles. The fourth-order valence-corrected chi connectivity index (χ4v) is 2.78. The highest BCUT2D eigenvalue weighted by atomic mass is 127. The standard InChI is InChI=1S/C16H26N4O2S.HI/c1-4-17-16(19-12-15(21)20(2)3)18-10-11-23(22)13-14-8-6-5-7-9-14;/h5-9H,4,10-13H2,1-3H3,(H2,17,18,19);1H. The molecular weight excluding hydrogens is 439 g/mol. The number of nitrogens with one attached hydrogen (secondary N) is 2. The van der Waals surface area contributed by atoms with Crippen LogP contribution in [0, 0.1) is 0 Å². The van der Waals surface area contributed by atoms with Gasteiger partial charge in [-0.25, -0.2) is 4.99 Å². The molecule has 1 rings (SSSR count). The van der Waals surface area contributed by atoms with Gasteiger partial charge in [0.15, 0.2) is 5.96 Å². The Morgan fingerprint density at radius 1 is 1.21 bits per heavy atom. The number of carbonyl (C=O) groups is 1. The Morgan fingerprint density at radius 2 is 1.88 bits per heavy atom. The first-order chi connectivity index (χ1) is 11.0. The Hall–Kier alpha value is -1.16. The minimum absolute atomic E-state index is 0. The molecule has 136 valence electrons. The highest BCUT2D eigenvalue weighted by molar-refractivity contribution is 14.0. The van der Waals surface area contributed by atoms with Crippen molar-refractivity contribution in [1.29, 1.82) is 0 Å². The van der Waals surface area contributed by atoms with E-state index in [-0.39, 0.29) is 36.4 Å². The Morgan fingerprint density at radius 3 is 2.46 bits per heavy atom. The number of amides is 1. The number of aliphatic imine (C=N–C) groups is 1. The minimum Gasteiger partial charge on any atom is -0.357 e. The summed E-state index contributed by atoms with van der Waals surface area (Å²) in [5.74, 6) is 1.59. The fourth-order valence-electron chi connectivity index (χ4n) is 1.75. The van der Waals surface area contributed by atoms with Crippen molar-refractivity contribution in [3.63, 3.8) is 0 Å². The van der Waals surface area contributed by atoms with Crippen LogP contribution in [0.3, 0.4) is 0 Å². The zero-order valence-electron chi connectivity index (χ0n) is 14.4. The molecule has 0 spiro atoms. The normalized spacial score (nSPS) is 12.0. The van der Waals surface area contributed by atoms with E-state index in [4.69, 9.17) is 0 Å². The van der Waals surface area contributed by atoms with Gasteiger partial charge in [-0.1, -0.05) is 30.3 Å². The van der Waals surface area contributed by atoms with E-state index in [1.54, 1.807) is 14.1 Å². The van der Waals surface area contributed by atoms with Crippen molar-refractivity contribution in [1.82, 2.24) is 15.5 Å². The van der Waals surface area contributed by atoms with Gasteiger partial charge in [0.05, 0.1) is 0 Å². The quantitative estimate of drug-likeness (QED) is 0.343. The van der Waals surface area contributed by atoms with Gasteiger partial charge in [-0.15, -0.1) is 24.0 Å². The van der Waals surface area contributed by atoms with Crippen molar-refractivity contribution in [3.05, 3.63) is 35.9 Å². The van der Waals surface area contributed by atoms with E-state index in [1.807, 2.05) is 37.3 Å². The Bertz CT molecular complexity index is 538. The first-order valence-corrected chi connectivity index (χ1v) is 9.13. The minimum atomic E-state index is -0.932. The van der Waals surface area contributed by atoms with Crippen LogP contribution in [-0.4, -0.2) is 60.5 Å². The fraction of sp³-hybridized carbons (Fsp3) is 0.500. The van der Waals surface area contributed by atoms with E-state index in [1.165, 1.54) is 4.90 Å². The molecule has 1 aromatic carbocycles. The number of hydrogen-bond acceptors (Lipinski definition) is 3. The number of hydrogen-bond donors (Lipinski definition) is 2. The summed E-state index contributed by atoms with van der Waals surface area (Å²) in [7, 11) is 2.47. The summed E-state index contributed by atoms with van der Waals surface area (Å²) in [4.78, 5) is 17.3. The number of halogens is 1. The second kappa shape index (κ2) is 13.2. The van der Waals surface area contributed by atoms with Gasteiger partial charge in [0.25, 0.3) is 0 Å². The molecule has 0 aliphatic rings. The molecule has 8 heteroatoms. The lowest BCUT2D eigenvalue weighted by Crippen LogP contribution is -2.40. The van der Waals surface area contributed by atoms with Gasteiger partial charge in [0, 0.05) is 49.5 Å². The van der Waals surface area contributed by atoms with E-state index in [0.717, 1.165) is 5.56 Å². The molecule has 6 nitrogen and oxygen atoms in total. The SMILES string of the molecule is CCNC(=NCC(=O)N(C)C)NCCS(=O)Cc1ccccc1.I. The average Bonchev–Trinajstić information content (AvgIpc) is 2.53. The first kappa shape index (κ1) is 22.8. The molecule has 0 bridgehead atoms. The van der Waals surface area contributed by atoms with Crippen LogP contribution in [-0.2, 0) is 21.3 Å². The molecule has 1 atom stereocenters. The van der Waals surface area contributed by atoms with Crippen molar-refractivity contribution in [2.24, 2.45) is 4.99 Å². The van der Waals surface area contributed by atoms with Crippen LogP contribution in [0.4, 0.5) is 0 Å². The van der Waals surface area contributed by atoms with Crippen molar-refractivity contribution >= 4 is 46.6 Å². The largest absolute Gasteiger partial charge is 0.357 e. The monoisotopic (exact) mass is 466 g/mol. The maximum absolute atomic E-state index is 12.1. The van der Waals surface area contributed by atoms with Crippen LogP contribution in [0.2, 0.25) is 0 Å². The third kappa shape index (κ3) is 9.86. The third-order valence-electron chi connectivity index (χ3n) is 3.01. The maximum Gasteiger partial charge on any atom is 0.243 e. The number of likely N-dealkylation sites (N-methyl/N-ethyl adjacent to an activating group) is 1. The summed E-state index contributed by atoms with van der Waals surface area (Å²) in [5, 5.41) is 6.18. The lowest BCUT2D eigenvalue weighted by atomic mass is 10.2. The summed E-state index contributed by atoms with van der Waals surface area (Å²) in [6.07, 6.45) is 0. The molecule has 0 saturated carbocycles. The summed E-state index contributed by atoms with van der Waals surface area (Å²) in [6.45, 7) is 3.30. The Labute approximate surface area is 164 Å². The van der Waals surface area contributed by atoms with Crippen LogP contribution in [0.5, 0.6) is 0 Å². The van der Waals surface area contributed by atoms with E-state index >= 15 is 0 Å². The van der Waals surface area contributed by atoms with Gasteiger partial charge < -0.3 is 15.5 Å². The van der Waals surface area contributed by atoms with Gasteiger partial charge in [0.2, 0.25) is 5.91 Å². The zero-order valence-corrected chi connectivity index (χ0v) is 17.6. The molecule has 2 N–H and O–H groups in total. The van der Waals surface area contributed by atoms with Crippen molar-refractivity contribution in [2.75, 3.05) is 39.5 Å². The average molecular weight is 466 g/mol. The molecule has 0 radical (unpaired) electrons. The highest BCUT2D eigenvalue weighted by Gasteiger charge is 2.05. The molecular formula is C16H27IN4O2S. The summed E-state index contributed by atoms with van der Waals surface area (Å²) in [6, 6.07) is 9.79. The van der Waals surface area contributed by atoms with E-state index in [9.17, 15) is 9.00 Å². The Balaban J connectivity index is 0.00000529.